The summed E-state index contributed by atoms with van der Waals surface area (Å²) in [5.74, 6) is 1.03. The fourth-order valence-corrected chi connectivity index (χ4v) is 2.15. The number of ether oxygens (including phenoxy) is 3. The molecule has 0 atom stereocenters. The molecule has 1 N–H and O–H groups in total. The molecule has 0 aliphatic rings. The van der Waals surface area contributed by atoms with Crippen molar-refractivity contribution in [3.8, 4) is 17.2 Å². The molecule has 0 radical (unpaired) electrons. The zero-order chi connectivity index (χ0) is 15.9. The molecule has 0 spiro atoms. The van der Waals surface area contributed by atoms with Gasteiger partial charge in [-0.15, -0.1) is 0 Å². The second-order valence-corrected chi connectivity index (χ2v) is 4.55. The number of carbonyl (C=O) groups is 1. The molecule has 2 aromatic carbocycles. The largest absolute Gasteiger partial charge is 0.493 e. The lowest BCUT2D eigenvalue weighted by Crippen LogP contribution is -2.23. The third-order valence-corrected chi connectivity index (χ3v) is 3.24. The summed E-state index contributed by atoms with van der Waals surface area (Å²) < 4.78 is 15.8. The molecule has 0 unspecified atom stereocenters. The lowest BCUT2D eigenvalue weighted by Gasteiger charge is -2.15. The third kappa shape index (κ3) is 3.31. The van der Waals surface area contributed by atoms with Crippen molar-refractivity contribution in [2.24, 2.45) is 0 Å². The molecule has 0 aliphatic heterocycles. The Morgan fingerprint density at radius 1 is 0.909 bits per heavy atom. The normalized spacial score (nSPS) is 9.95. The fourth-order valence-electron chi connectivity index (χ4n) is 2.15. The van der Waals surface area contributed by atoms with Gasteiger partial charge in [-0.25, -0.2) is 0 Å². The van der Waals surface area contributed by atoms with Crippen LogP contribution >= 0.6 is 0 Å². The average Bonchev–Trinajstić information content (AvgIpc) is 2.58. The molecule has 2 aromatic rings. The van der Waals surface area contributed by atoms with Crippen molar-refractivity contribution < 1.29 is 19.0 Å². The molecule has 0 saturated carbocycles. The van der Waals surface area contributed by atoms with Crippen LogP contribution in [0.2, 0.25) is 0 Å². The Bertz CT molecular complexity index is 641. The van der Waals surface area contributed by atoms with E-state index >= 15 is 0 Å². The maximum Gasteiger partial charge on any atom is 0.255 e. The number of amides is 1. The van der Waals surface area contributed by atoms with Crippen LogP contribution in [0, 0.1) is 0 Å². The van der Waals surface area contributed by atoms with Gasteiger partial charge in [0.1, 0.15) is 0 Å². The highest BCUT2D eigenvalue weighted by molar-refractivity contribution is 5.98. The van der Waals surface area contributed by atoms with Crippen LogP contribution in [0.25, 0.3) is 0 Å². The first-order valence-corrected chi connectivity index (χ1v) is 6.82. The maximum atomic E-state index is 12.4. The van der Waals surface area contributed by atoms with Crippen molar-refractivity contribution in [2.45, 2.75) is 6.54 Å². The first-order valence-electron chi connectivity index (χ1n) is 6.82. The van der Waals surface area contributed by atoms with Crippen molar-refractivity contribution in [1.29, 1.82) is 0 Å². The van der Waals surface area contributed by atoms with Crippen molar-refractivity contribution in [1.82, 2.24) is 5.32 Å². The smallest absolute Gasteiger partial charge is 0.255 e. The van der Waals surface area contributed by atoms with Gasteiger partial charge in [-0.3, -0.25) is 4.79 Å². The summed E-state index contributed by atoms with van der Waals surface area (Å²) in [4.78, 5) is 12.4. The molecule has 5 nitrogen and oxygen atoms in total. The van der Waals surface area contributed by atoms with E-state index in [4.69, 9.17) is 14.2 Å². The van der Waals surface area contributed by atoms with E-state index < -0.39 is 0 Å². The Labute approximate surface area is 129 Å². The van der Waals surface area contributed by atoms with Crippen molar-refractivity contribution >= 4 is 5.91 Å². The standard InChI is InChI=1S/C17H19NO4/c1-20-14-10-9-13(15(21-2)16(14)22-3)17(19)18-11-12-7-5-4-6-8-12/h4-10H,11H2,1-3H3,(H,18,19). The number of hydrogen-bond donors (Lipinski definition) is 1. The monoisotopic (exact) mass is 301 g/mol. The van der Waals surface area contributed by atoms with Gasteiger partial charge in [0, 0.05) is 6.54 Å². The van der Waals surface area contributed by atoms with Crippen molar-refractivity contribution in [3.05, 3.63) is 53.6 Å². The topological polar surface area (TPSA) is 56.8 Å². The first kappa shape index (κ1) is 15.7. The van der Waals surface area contributed by atoms with E-state index in [2.05, 4.69) is 5.32 Å². The number of methoxy groups -OCH3 is 3. The molecule has 0 fully saturated rings. The van der Waals surface area contributed by atoms with Gasteiger partial charge in [0.2, 0.25) is 5.75 Å². The summed E-state index contributed by atoms with van der Waals surface area (Å²) in [5.41, 5.74) is 1.42. The lowest BCUT2D eigenvalue weighted by atomic mass is 10.1. The van der Waals surface area contributed by atoms with Gasteiger partial charge in [-0.05, 0) is 17.7 Å². The Balaban J connectivity index is 2.22. The van der Waals surface area contributed by atoms with E-state index in [0.29, 0.717) is 29.4 Å². The summed E-state index contributed by atoms with van der Waals surface area (Å²) in [5, 5.41) is 2.86. The molecule has 5 heteroatoms. The maximum absolute atomic E-state index is 12.4. The van der Waals surface area contributed by atoms with E-state index in [0.717, 1.165) is 5.56 Å². The Morgan fingerprint density at radius 3 is 2.18 bits per heavy atom. The summed E-state index contributed by atoms with van der Waals surface area (Å²) in [7, 11) is 4.53. The van der Waals surface area contributed by atoms with Gasteiger partial charge in [-0.1, -0.05) is 30.3 Å². The highest BCUT2D eigenvalue weighted by Gasteiger charge is 2.20. The minimum atomic E-state index is -0.235. The quantitative estimate of drug-likeness (QED) is 0.891. The number of rotatable bonds is 6. The molecule has 0 bridgehead atoms. The van der Waals surface area contributed by atoms with E-state index in [1.807, 2.05) is 30.3 Å². The summed E-state index contributed by atoms with van der Waals surface area (Å²) in [6, 6.07) is 13.0. The van der Waals surface area contributed by atoms with E-state index in [1.165, 1.54) is 21.3 Å². The van der Waals surface area contributed by atoms with Crippen LogP contribution in [0.3, 0.4) is 0 Å². The van der Waals surface area contributed by atoms with Crippen LogP contribution in [-0.4, -0.2) is 27.2 Å². The lowest BCUT2D eigenvalue weighted by molar-refractivity contribution is 0.0947. The minimum Gasteiger partial charge on any atom is -0.493 e. The van der Waals surface area contributed by atoms with Gasteiger partial charge in [0.05, 0.1) is 26.9 Å². The van der Waals surface area contributed by atoms with Gasteiger partial charge < -0.3 is 19.5 Å². The summed E-state index contributed by atoms with van der Waals surface area (Å²) in [6.45, 7) is 0.442. The van der Waals surface area contributed by atoms with Gasteiger partial charge in [0.15, 0.2) is 11.5 Å². The van der Waals surface area contributed by atoms with Crippen LogP contribution in [-0.2, 0) is 6.54 Å². The predicted octanol–water partition coefficient (Wildman–Crippen LogP) is 2.64. The molecule has 2 rings (SSSR count). The van der Waals surface area contributed by atoms with Crippen molar-refractivity contribution in [3.63, 3.8) is 0 Å². The second-order valence-electron chi connectivity index (χ2n) is 4.55. The summed E-state index contributed by atoms with van der Waals surface area (Å²) >= 11 is 0. The Kier molecular flexibility index (Phi) is 5.25. The molecule has 116 valence electrons. The second kappa shape index (κ2) is 7.36. The van der Waals surface area contributed by atoms with Crippen LogP contribution in [0.15, 0.2) is 42.5 Å². The van der Waals surface area contributed by atoms with Crippen LogP contribution < -0.4 is 19.5 Å². The molecule has 0 heterocycles. The highest BCUT2D eigenvalue weighted by Crippen LogP contribution is 2.39. The van der Waals surface area contributed by atoms with E-state index in [-0.39, 0.29) is 5.91 Å². The minimum absolute atomic E-state index is 0.235. The van der Waals surface area contributed by atoms with E-state index in [1.54, 1.807) is 12.1 Å². The Hall–Kier alpha value is -2.69. The zero-order valence-electron chi connectivity index (χ0n) is 12.9. The summed E-state index contributed by atoms with van der Waals surface area (Å²) in [6.07, 6.45) is 0. The third-order valence-electron chi connectivity index (χ3n) is 3.24. The van der Waals surface area contributed by atoms with E-state index in [9.17, 15) is 4.79 Å². The zero-order valence-corrected chi connectivity index (χ0v) is 12.9. The average molecular weight is 301 g/mol. The van der Waals surface area contributed by atoms with Gasteiger partial charge >= 0.3 is 0 Å². The molecular weight excluding hydrogens is 282 g/mol. The predicted molar refractivity (Wildman–Crippen MR) is 83.7 cm³/mol. The van der Waals surface area contributed by atoms with Gasteiger partial charge in [-0.2, -0.15) is 0 Å². The first-order chi connectivity index (χ1) is 10.7. The molecule has 0 saturated heterocycles. The highest BCUT2D eigenvalue weighted by atomic mass is 16.5. The Morgan fingerprint density at radius 2 is 1.59 bits per heavy atom. The molecule has 22 heavy (non-hydrogen) atoms. The van der Waals surface area contributed by atoms with Crippen molar-refractivity contribution in [2.75, 3.05) is 21.3 Å². The number of benzene rings is 2. The van der Waals surface area contributed by atoms with Crippen LogP contribution in [0.4, 0.5) is 0 Å². The molecule has 1 amide bonds. The number of hydrogen-bond acceptors (Lipinski definition) is 4. The molecule has 0 aromatic heterocycles. The van der Waals surface area contributed by atoms with Crippen LogP contribution in [0.5, 0.6) is 17.2 Å². The van der Waals surface area contributed by atoms with Gasteiger partial charge in [0.25, 0.3) is 5.91 Å². The number of carbonyl (C=O) groups excluding carboxylic acids is 1. The van der Waals surface area contributed by atoms with Crippen LogP contribution in [0.1, 0.15) is 15.9 Å². The molecular formula is C17H19NO4. The number of nitrogens with one attached hydrogen (secondary N) is 1. The SMILES string of the molecule is COc1ccc(C(=O)NCc2ccccc2)c(OC)c1OC. The molecule has 0 aliphatic carbocycles. The fraction of sp³-hybridized carbons (Fsp3) is 0.235.